The SMILES string of the molecule is CCCCOc1ccc(C=C2SC(=S)N(C(CC(=O)O)C(=O)O)C2=O)cc1OC. The highest BCUT2D eigenvalue weighted by Gasteiger charge is 2.41. The summed E-state index contributed by atoms with van der Waals surface area (Å²) < 4.78 is 11.0. The molecule has 8 nitrogen and oxygen atoms in total. The predicted octanol–water partition coefficient (Wildman–Crippen LogP) is 3.00. The van der Waals surface area contributed by atoms with E-state index in [1.54, 1.807) is 24.3 Å². The van der Waals surface area contributed by atoms with E-state index in [0.717, 1.165) is 29.5 Å². The number of hydrogen-bond acceptors (Lipinski definition) is 7. The van der Waals surface area contributed by atoms with Gasteiger partial charge in [-0.15, -0.1) is 0 Å². The molecule has 1 heterocycles. The van der Waals surface area contributed by atoms with Gasteiger partial charge in [-0.2, -0.15) is 0 Å². The van der Waals surface area contributed by atoms with E-state index < -0.39 is 30.3 Å². The zero-order valence-corrected chi connectivity index (χ0v) is 17.5. The van der Waals surface area contributed by atoms with Gasteiger partial charge in [0.05, 0.1) is 25.0 Å². The molecular formula is C19H21NO7S2. The van der Waals surface area contributed by atoms with Gasteiger partial charge in [-0.25, -0.2) is 4.79 Å². The highest BCUT2D eigenvalue weighted by atomic mass is 32.2. The third kappa shape index (κ3) is 5.70. The van der Waals surface area contributed by atoms with Crippen LogP contribution in [0.3, 0.4) is 0 Å². The lowest BCUT2D eigenvalue weighted by molar-refractivity contribution is -0.150. The summed E-state index contributed by atoms with van der Waals surface area (Å²) in [7, 11) is 1.51. The Balaban J connectivity index is 2.26. The minimum absolute atomic E-state index is 0.00128. The summed E-state index contributed by atoms with van der Waals surface area (Å²) in [6.45, 7) is 2.62. The number of amides is 1. The van der Waals surface area contributed by atoms with Crippen LogP contribution in [0.1, 0.15) is 31.7 Å². The van der Waals surface area contributed by atoms with E-state index in [1.807, 2.05) is 0 Å². The second-order valence-corrected chi connectivity index (χ2v) is 7.79. The number of hydrogen-bond donors (Lipinski definition) is 2. The van der Waals surface area contributed by atoms with Crippen LogP contribution in [0.5, 0.6) is 11.5 Å². The van der Waals surface area contributed by atoms with Crippen LogP contribution in [0.4, 0.5) is 0 Å². The molecule has 10 heteroatoms. The number of ether oxygens (including phenoxy) is 2. The number of thioether (sulfide) groups is 1. The van der Waals surface area contributed by atoms with E-state index in [-0.39, 0.29) is 9.23 Å². The molecule has 1 aromatic rings. The minimum Gasteiger partial charge on any atom is -0.493 e. The first-order valence-corrected chi connectivity index (χ1v) is 10.0. The molecule has 1 fully saturated rings. The Morgan fingerprint density at radius 3 is 2.62 bits per heavy atom. The monoisotopic (exact) mass is 439 g/mol. The molecule has 0 radical (unpaired) electrons. The molecular weight excluding hydrogens is 418 g/mol. The van der Waals surface area contributed by atoms with E-state index in [2.05, 4.69) is 6.92 Å². The van der Waals surface area contributed by atoms with Crippen LogP contribution >= 0.6 is 24.0 Å². The lowest BCUT2D eigenvalue weighted by Crippen LogP contribution is -2.45. The van der Waals surface area contributed by atoms with Gasteiger partial charge in [0.2, 0.25) is 0 Å². The van der Waals surface area contributed by atoms with E-state index in [9.17, 15) is 19.5 Å². The summed E-state index contributed by atoms with van der Waals surface area (Å²) in [5.41, 5.74) is 0.635. The molecule has 156 valence electrons. The predicted molar refractivity (Wildman–Crippen MR) is 112 cm³/mol. The van der Waals surface area contributed by atoms with Crippen molar-refractivity contribution in [1.29, 1.82) is 0 Å². The van der Waals surface area contributed by atoms with Gasteiger partial charge in [-0.3, -0.25) is 14.5 Å². The zero-order valence-electron chi connectivity index (χ0n) is 15.9. The standard InChI is InChI=1S/C19H21NO7S2/c1-3-4-7-27-13-6-5-11(8-14(13)26-2)9-15-17(23)20(19(28)29-15)12(18(24)25)10-16(21)22/h5-6,8-9,12H,3-4,7,10H2,1-2H3,(H,21,22)(H,24,25). The topological polar surface area (TPSA) is 113 Å². The molecule has 0 saturated carbocycles. The maximum absolute atomic E-state index is 12.7. The van der Waals surface area contributed by atoms with Crippen LogP contribution in [0, 0.1) is 0 Å². The molecule has 1 unspecified atom stereocenters. The fraction of sp³-hybridized carbons (Fsp3) is 0.368. The number of carbonyl (C=O) groups excluding carboxylic acids is 1. The number of rotatable bonds is 10. The number of carbonyl (C=O) groups is 3. The lowest BCUT2D eigenvalue weighted by atomic mass is 10.1. The van der Waals surface area contributed by atoms with Crippen molar-refractivity contribution in [2.75, 3.05) is 13.7 Å². The van der Waals surface area contributed by atoms with Gasteiger partial charge < -0.3 is 19.7 Å². The lowest BCUT2D eigenvalue weighted by Gasteiger charge is -2.21. The average Bonchev–Trinajstić information content (AvgIpc) is 2.93. The summed E-state index contributed by atoms with van der Waals surface area (Å²) in [5.74, 6) is -2.33. The highest BCUT2D eigenvalue weighted by Crippen LogP contribution is 2.36. The second-order valence-electron chi connectivity index (χ2n) is 6.12. The maximum atomic E-state index is 12.7. The van der Waals surface area contributed by atoms with E-state index in [4.69, 9.17) is 26.8 Å². The van der Waals surface area contributed by atoms with Crippen molar-refractivity contribution < 1.29 is 34.1 Å². The van der Waals surface area contributed by atoms with E-state index in [0.29, 0.717) is 23.7 Å². The first-order chi connectivity index (χ1) is 13.8. The van der Waals surface area contributed by atoms with Gasteiger partial charge in [-0.05, 0) is 30.2 Å². The Labute approximate surface area is 177 Å². The Bertz CT molecular complexity index is 853. The molecule has 1 aliphatic heterocycles. The molecule has 1 aliphatic rings. The van der Waals surface area contributed by atoms with Crippen molar-refractivity contribution in [3.05, 3.63) is 28.7 Å². The molecule has 0 bridgehead atoms. The number of nitrogens with zero attached hydrogens (tertiary/aromatic N) is 1. The molecule has 1 amide bonds. The van der Waals surface area contributed by atoms with E-state index in [1.165, 1.54) is 7.11 Å². The Morgan fingerprint density at radius 1 is 1.31 bits per heavy atom. The normalized spacial score (nSPS) is 16.2. The van der Waals surface area contributed by atoms with Gasteiger partial charge in [0.25, 0.3) is 5.91 Å². The van der Waals surface area contributed by atoms with Gasteiger partial charge in [0.1, 0.15) is 10.4 Å². The first-order valence-electron chi connectivity index (χ1n) is 8.81. The van der Waals surface area contributed by atoms with Gasteiger partial charge in [-0.1, -0.05) is 43.4 Å². The Hall–Kier alpha value is -2.59. The summed E-state index contributed by atoms with van der Waals surface area (Å²) >= 11 is 6.04. The van der Waals surface area contributed by atoms with Gasteiger partial charge >= 0.3 is 11.9 Å². The number of aliphatic carboxylic acids is 2. The zero-order chi connectivity index (χ0) is 21.6. The van der Waals surface area contributed by atoms with Crippen LogP contribution in [0.15, 0.2) is 23.1 Å². The number of carboxylic acid groups (broad SMARTS) is 2. The third-order valence-corrected chi connectivity index (χ3v) is 5.36. The van der Waals surface area contributed by atoms with Crippen LogP contribution in [-0.4, -0.2) is 57.0 Å². The fourth-order valence-electron chi connectivity index (χ4n) is 2.57. The molecule has 2 N–H and O–H groups in total. The molecule has 29 heavy (non-hydrogen) atoms. The molecule has 1 aromatic carbocycles. The van der Waals surface area contributed by atoms with Crippen LogP contribution in [0.2, 0.25) is 0 Å². The van der Waals surface area contributed by atoms with Crippen LogP contribution in [-0.2, 0) is 14.4 Å². The highest BCUT2D eigenvalue weighted by molar-refractivity contribution is 8.26. The van der Waals surface area contributed by atoms with Crippen molar-refractivity contribution in [2.24, 2.45) is 0 Å². The van der Waals surface area contributed by atoms with Crippen molar-refractivity contribution in [3.8, 4) is 11.5 Å². The summed E-state index contributed by atoms with van der Waals surface area (Å²) in [5, 5.41) is 18.2. The number of benzene rings is 1. The molecule has 0 aromatic heterocycles. The smallest absolute Gasteiger partial charge is 0.327 e. The largest absolute Gasteiger partial charge is 0.493 e. The maximum Gasteiger partial charge on any atom is 0.327 e. The van der Waals surface area contributed by atoms with Crippen molar-refractivity contribution in [1.82, 2.24) is 4.90 Å². The summed E-state index contributed by atoms with van der Waals surface area (Å²) in [4.78, 5) is 36.1. The fourth-order valence-corrected chi connectivity index (χ4v) is 3.93. The summed E-state index contributed by atoms with van der Waals surface area (Å²) in [6.07, 6.45) is 2.72. The number of methoxy groups -OCH3 is 1. The molecule has 0 spiro atoms. The Kier molecular flexibility index (Phi) is 8.03. The van der Waals surface area contributed by atoms with Crippen molar-refractivity contribution >= 4 is 52.2 Å². The van der Waals surface area contributed by atoms with Gasteiger partial charge in [0.15, 0.2) is 11.5 Å². The third-order valence-electron chi connectivity index (χ3n) is 4.03. The molecule has 1 saturated heterocycles. The van der Waals surface area contributed by atoms with Crippen LogP contribution < -0.4 is 9.47 Å². The minimum atomic E-state index is -1.56. The number of carboxylic acids is 2. The number of unbranched alkanes of at least 4 members (excludes halogenated alkanes) is 1. The van der Waals surface area contributed by atoms with Crippen LogP contribution in [0.25, 0.3) is 6.08 Å². The molecule has 2 rings (SSSR count). The molecule has 0 aliphatic carbocycles. The van der Waals surface area contributed by atoms with Gasteiger partial charge in [0, 0.05) is 0 Å². The average molecular weight is 440 g/mol. The quantitative estimate of drug-likeness (QED) is 0.323. The first kappa shape index (κ1) is 22.7. The second kappa shape index (κ2) is 10.3. The van der Waals surface area contributed by atoms with E-state index >= 15 is 0 Å². The Morgan fingerprint density at radius 2 is 2.03 bits per heavy atom. The summed E-state index contributed by atoms with van der Waals surface area (Å²) in [6, 6.07) is 3.60. The number of thiocarbonyl (C=S) groups is 1. The van der Waals surface area contributed by atoms with Crippen molar-refractivity contribution in [2.45, 2.75) is 32.2 Å². The molecule has 1 atom stereocenters. The van der Waals surface area contributed by atoms with Crippen molar-refractivity contribution in [3.63, 3.8) is 0 Å².